The lowest BCUT2D eigenvalue weighted by molar-refractivity contribution is -0.192. The summed E-state index contributed by atoms with van der Waals surface area (Å²) in [7, 11) is 1.59. The summed E-state index contributed by atoms with van der Waals surface area (Å²) in [5.41, 5.74) is 12.0. The summed E-state index contributed by atoms with van der Waals surface area (Å²) in [6, 6.07) is 4.44. The summed E-state index contributed by atoms with van der Waals surface area (Å²) < 4.78 is 31.7. The van der Waals surface area contributed by atoms with Gasteiger partial charge in [0.15, 0.2) is 5.96 Å². The molecule has 2 amide bonds. The molecule has 1 atom stereocenters. The standard InChI is InChI=1S/C20H25N5O4.C2HF3O2/c1-13(10-18(27)28)25-12-17(26)24(2)16-8-7-14(11-15(16)19(25)29)6-4-3-5-9-23-20(21)22;3-2(4,5)1(6)7/h7-8,11,13H,3,5,9-10,12H2,1-2H3,(H,27,28)(H4,21,22,23);(H,6,7). The number of carbonyl (C=O) groups excluding carboxylic acids is 2. The maximum Gasteiger partial charge on any atom is 0.490 e. The smallest absolute Gasteiger partial charge is 0.481 e. The highest BCUT2D eigenvalue weighted by atomic mass is 19.4. The normalized spacial score (nSPS) is 13.8. The number of rotatable bonds is 6. The van der Waals surface area contributed by atoms with Crippen LogP contribution < -0.4 is 16.4 Å². The zero-order valence-corrected chi connectivity index (χ0v) is 19.5. The highest BCUT2D eigenvalue weighted by Crippen LogP contribution is 2.27. The van der Waals surface area contributed by atoms with Crippen molar-refractivity contribution in [2.45, 2.75) is 38.4 Å². The number of halogens is 3. The summed E-state index contributed by atoms with van der Waals surface area (Å²) in [5.74, 6) is 1.59. The van der Waals surface area contributed by atoms with Gasteiger partial charge < -0.3 is 31.5 Å². The molecule has 6 N–H and O–H groups in total. The fourth-order valence-corrected chi connectivity index (χ4v) is 2.95. The van der Waals surface area contributed by atoms with Crippen molar-refractivity contribution in [1.82, 2.24) is 4.90 Å². The first-order valence-electron chi connectivity index (χ1n) is 10.4. The van der Waals surface area contributed by atoms with Crippen LogP contribution in [0, 0.1) is 11.8 Å². The molecule has 0 bridgehead atoms. The van der Waals surface area contributed by atoms with Crippen molar-refractivity contribution in [2.24, 2.45) is 16.5 Å². The lowest BCUT2D eigenvalue weighted by Crippen LogP contribution is -2.43. The lowest BCUT2D eigenvalue weighted by Gasteiger charge is -2.26. The third-order valence-corrected chi connectivity index (χ3v) is 4.76. The molecular formula is C22H26F3N5O6. The molecule has 0 saturated carbocycles. The van der Waals surface area contributed by atoms with Gasteiger partial charge in [-0.05, 0) is 31.5 Å². The van der Waals surface area contributed by atoms with Crippen LogP contribution in [0.1, 0.15) is 42.1 Å². The number of hydrogen-bond donors (Lipinski definition) is 4. The number of carboxylic acids is 2. The lowest BCUT2D eigenvalue weighted by atomic mass is 10.1. The fourth-order valence-electron chi connectivity index (χ4n) is 2.95. The van der Waals surface area contributed by atoms with Crippen LogP contribution in [0.15, 0.2) is 23.2 Å². The van der Waals surface area contributed by atoms with Gasteiger partial charge in [-0.3, -0.25) is 19.4 Å². The van der Waals surface area contributed by atoms with Crippen LogP contribution in [0.4, 0.5) is 18.9 Å². The van der Waals surface area contributed by atoms with Crippen molar-refractivity contribution in [3.8, 4) is 11.8 Å². The Kier molecular flexibility index (Phi) is 10.7. The number of hydrogen-bond acceptors (Lipinski definition) is 5. The third-order valence-electron chi connectivity index (χ3n) is 4.76. The third kappa shape index (κ3) is 9.16. The van der Waals surface area contributed by atoms with Gasteiger partial charge in [0.2, 0.25) is 5.91 Å². The molecule has 14 heteroatoms. The number of likely N-dealkylation sites (N-methyl/N-ethyl adjacent to an activating group) is 1. The van der Waals surface area contributed by atoms with Crippen molar-refractivity contribution in [3.63, 3.8) is 0 Å². The predicted molar refractivity (Wildman–Crippen MR) is 123 cm³/mol. The minimum atomic E-state index is -5.08. The molecule has 1 aliphatic heterocycles. The molecule has 0 spiro atoms. The highest BCUT2D eigenvalue weighted by molar-refractivity contribution is 6.09. The average molecular weight is 513 g/mol. The van der Waals surface area contributed by atoms with Gasteiger partial charge >= 0.3 is 18.1 Å². The first-order chi connectivity index (χ1) is 16.6. The van der Waals surface area contributed by atoms with Gasteiger partial charge in [-0.15, -0.1) is 0 Å². The van der Waals surface area contributed by atoms with E-state index in [1.807, 2.05) is 0 Å². The Hall–Kier alpha value is -4.28. The van der Waals surface area contributed by atoms with E-state index in [9.17, 15) is 27.6 Å². The Morgan fingerprint density at radius 3 is 2.36 bits per heavy atom. The van der Waals surface area contributed by atoms with E-state index in [1.54, 1.807) is 32.2 Å². The van der Waals surface area contributed by atoms with Gasteiger partial charge in [-0.2, -0.15) is 13.2 Å². The van der Waals surface area contributed by atoms with E-state index in [0.29, 0.717) is 36.2 Å². The van der Waals surface area contributed by atoms with Crippen LogP contribution in [0.2, 0.25) is 0 Å². The second-order valence-corrected chi connectivity index (χ2v) is 7.58. The summed E-state index contributed by atoms with van der Waals surface area (Å²) in [6.07, 6.45) is -4.04. The van der Waals surface area contributed by atoms with E-state index < -0.39 is 24.2 Å². The van der Waals surface area contributed by atoms with E-state index >= 15 is 0 Å². The van der Waals surface area contributed by atoms with Gasteiger partial charge in [0, 0.05) is 31.6 Å². The number of anilines is 1. The van der Waals surface area contributed by atoms with Gasteiger partial charge in [-0.1, -0.05) is 11.8 Å². The van der Waals surface area contributed by atoms with E-state index in [0.717, 1.165) is 0 Å². The largest absolute Gasteiger partial charge is 0.490 e. The van der Waals surface area contributed by atoms with Crippen molar-refractivity contribution >= 4 is 35.4 Å². The maximum atomic E-state index is 13.0. The maximum absolute atomic E-state index is 13.0. The van der Waals surface area contributed by atoms with E-state index in [2.05, 4.69) is 16.8 Å². The number of carbonyl (C=O) groups is 4. The second-order valence-electron chi connectivity index (χ2n) is 7.58. The van der Waals surface area contributed by atoms with Crippen LogP contribution in [0.25, 0.3) is 0 Å². The van der Waals surface area contributed by atoms with E-state index in [4.69, 9.17) is 26.5 Å². The Morgan fingerprint density at radius 1 is 1.22 bits per heavy atom. The Morgan fingerprint density at radius 2 is 1.83 bits per heavy atom. The van der Waals surface area contributed by atoms with E-state index in [-0.39, 0.29) is 30.7 Å². The number of nitrogens with two attached hydrogens (primary N) is 2. The number of aliphatic carboxylic acids is 2. The molecule has 0 fully saturated rings. The molecule has 1 aromatic rings. The topological polar surface area (TPSA) is 180 Å². The molecule has 2 rings (SSSR count). The molecule has 196 valence electrons. The molecule has 0 radical (unpaired) electrons. The minimum Gasteiger partial charge on any atom is -0.481 e. The van der Waals surface area contributed by atoms with E-state index in [1.165, 1.54) is 9.80 Å². The highest BCUT2D eigenvalue weighted by Gasteiger charge is 2.38. The monoisotopic (exact) mass is 513 g/mol. The minimum absolute atomic E-state index is 0.0440. The van der Waals surface area contributed by atoms with Crippen LogP contribution in [0.5, 0.6) is 0 Å². The summed E-state index contributed by atoms with van der Waals surface area (Å²) in [6.45, 7) is 1.93. The Bertz CT molecular complexity index is 1090. The number of fused-ring (bicyclic) bond motifs is 1. The molecule has 1 aromatic carbocycles. The van der Waals surface area contributed by atoms with Crippen molar-refractivity contribution in [2.75, 3.05) is 25.0 Å². The number of guanidine groups is 1. The quantitative estimate of drug-likeness (QED) is 0.188. The van der Waals surface area contributed by atoms with Gasteiger partial charge in [-0.25, -0.2) is 4.79 Å². The van der Waals surface area contributed by atoms with Crippen LogP contribution in [0.3, 0.4) is 0 Å². The summed E-state index contributed by atoms with van der Waals surface area (Å²) in [4.78, 5) is 52.0. The van der Waals surface area contributed by atoms with Gasteiger partial charge in [0.05, 0.1) is 17.7 Å². The molecule has 11 nitrogen and oxygen atoms in total. The first kappa shape index (κ1) is 29.8. The number of amides is 2. The van der Waals surface area contributed by atoms with Crippen LogP contribution in [-0.4, -0.2) is 77.2 Å². The van der Waals surface area contributed by atoms with Crippen molar-refractivity contribution in [1.29, 1.82) is 0 Å². The molecular weight excluding hydrogens is 487 g/mol. The fraction of sp³-hybridized carbons (Fsp3) is 0.409. The molecule has 1 aliphatic rings. The molecule has 1 heterocycles. The van der Waals surface area contributed by atoms with Crippen molar-refractivity contribution < 1.29 is 42.6 Å². The number of carboxylic acid groups (broad SMARTS) is 2. The molecule has 0 saturated heterocycles. The Labute approximate surface area is 204 Å². The first-order valence-corrected chi connectivity index (χ1v) is 10.4. The zero-order chi connectivity index (χ0) is 27.6. The second kappa shape index (κ2) is 13.0. The predicted octanol–water partition coefficient (Wildman–Crippen LogP) is 1.01. The SMILES string of the molecule is CC(CC(=O)O)N1CC(=O)N(C)c2ccc(C#CCCCN=C(N)N)cc2C1=O.O=C(O)C(F)(F)F. The van der Waals surface area contributed by atoms with Crippen LogP contribution >= 0.6 is 0 Å². The number of alkyl halides is 3. The van der Waals surface area contributed by atoms with Crippen molar-refractivity contribution in [3.05, 3.63) is 29.3 Å². The summed E-state index contributed by atoms with van der Waals surface area (Å²) >= 11 is 0. The molecule has 0 aliphatic carbocycles. The number of benzene rings is 1. The molecule has 1 unspecified atom stereocenters. The number of unbranched alkanes of at least 4 members (excludes halogenated alkanes) is 1. The number of nitrogens with zero attached hydrogens (tertiary/aromatic N) is 3. The number of aliphatic imine (C=N–C) groups is 1. The van der Waals surface area contributed by atoms with Gasteiger partial charge in [0.1, 0.15) is 6.54 Å². The van der Waals surface area contributed by atoms with Gasteiger partial charge in [0.25, 0.3) is 5.91 Å². The molecule has 36 heavy (non-hydrogen) atoms. The summed E-state index contributed by atoms with van der Waals surface area (Å²) in [5, 5.41) is 16.2. The molecule has 0 aromatic heterocycles. The zero-order valence-electron chi connectivity index (χ0n) is 19.5. The average Bonchev–Trinajstić information content (AvgIpc) is 2.85. The Balaban J connectivity index is 0.000000809. The van der Waals surface area contributed by atoms with Crippen LogP contribution in [-0.2, 0) is 14.4 Å².